The first-order valence-electron chi connectivity index (χ1n) is 5.16. The van der Waals surface area contributed by atoms with Gasteiger partial charge in [-0.15, -0.1) is 12.4 Å². The van der Waals surface area contributed by atoms with Crippen molar-refractivity contribution in [3.63, 3.8) is 0 Å². The lowest BCUT2D eigenvalue weighted by molar-refractivity contribution is 0.0600. The van der Waals surface area contributed by atoms with Gasteiger partial charge in [-0.25, -0.2) is 4.79 Å². The average molecular weight is 242 g/mol. The minimum Gasteiger partial charge on any atom is -0.465 e. The first-order valence-corrected chi connectivity index (χ1v) is 5.16. The molecule has 1 aromatic rings. The Morgan fingerprint density at radius 3 is 2.88 bits per heavy atom. The first kappa shape index (κ1) is 13.0. The minimum absolute atomic E-state index is 0. The smallest absolute Gasteiger partial charge is 0.337 e. The van der Waals surface area contributed by atoms with Gasteiger partial charge in [0.25, 0.3) is 0 Å². The number of benzene rings is 1. The van der Waals surface area contributed by atoms with Gasteiger partial charge in [0.05, 0.1) is 12.7 Å². The van der Waals surface area contributed by atoms with E-state index >= 15 is 0 Å². The molecule has 1 aromatic carbocycles. The van der Waals surface area contributed by atoms with Crippen molar-refractivity contribution in [3.8, 4) is 0 Å². The molecule has 1 unspecified atom stereocenters. The van der Waals surface area contributed by atoms with Crippen LogP contribution in [0.4, 0.5) is 0 Å². The van der Waals surface area contributed by atoms with E-state index in [1.165, 1.54) is 18.2 Å². The Bertz CT molecular complexity index is 393. The number of hydrogen-bond acceptors (Lipinski definition) is 3. The molecule has 88 valence electrons. The van der Waals surface area contributed by atoms with Crippen molar-refractivity contribution in [2.24, 2.45) is 5.73 Å². The van der Waals surface area contributed by atoms with Gasteiger partial charge in [-0.1, -0.05) is 6.07 Å². The van der Waals surface area contributed by atoms with E-state index < -0.39 is 0 Å². The third-order valence-corrected chi connectivity index (χ3v) is 2.89. The van der Waals surface area contributed by atoms with Crippen molar-refractivity contribution in [3.05, 3.63) is 34.9 Å². The summed E-state index contributed by atoms with van der Waals surface area (Å²) in [5.74, 6) is -0.281. The van der Waals surface area contributed by atoms with E-state index in [1.807, 2.05) is 18.2 Å². The van der Waals surface area contributed by atoms with E-state index in [-0.39, 0.29) is 24.4 Å². The molecule has 0 heterocycles. The van der Waals surface area contributed by atoms with Gasteiger partial charge in [0.1, 0.15) is 0 Å². The monoisotopic (exact) mass is 241 g/mol. The van der Waals surface area contributed by atoms with Crippen molar-refractivity contribution in [1.82, 2.24) is 0 Å². The zero-order valence-corrected chi connectivity index (χ0v) is 10.0. The molecule has 0 saturated carbocycles. The average Bonchev–Trinajstić information content (AvgIpc) is 2.27. The zero-order valence-electron chi connectivity index (χ0n) is 9.23. The highest BCUT2D eigenvalue weighted by molar-refractivity contribution is 5.89. The maximum absolute atomic E-state index is 11.3. The van der Waals surface area contributed by atoms with E-state index in [9.17, 15) is 4.79 Å². The van der Waals surface area contributed by atoms with Crippen LogP contribution in [0.1, 0.15) is 27.9 Å². The van der Waals surface area contributed by atoms with Crippen molar-refractivity contribution < 1.29 is 9.53 Å². The van der Waals surface area contributed by atoms with Crippen LogP contribution in [0, 0.1) is 0 Å². The lowest BCUT2D eigenvalue weighted by atomic mass is 9.88. The van der Waals surface area contributed by atoms with E-state index in [2.05, 4.69) is 4.74 Å². The molecule has 0 aromatic heterocycles. The molecule has 2 N–H and O–H groups in total. The Morgan fingerprint density at radius 1 is 1.44 bits per heavy atom. The molecule has 4 heteroatoms. The number of rotatable bonds is 1. The molecule has 0 saturated heterocycles. The number of carbonyl (C=O) groups is 1. The lowest BCUT2D eigenvalue weighted by Crippen LogP contribution is -2.28. The van der Waals surface area contributed by atoms with E-state index in [4.69, 9.17) is 5.73 Å². The van der Waals surface area contributed by atoms with Crippen LogP contribution in [0.15, 0.2) is 18.2 Å². The van der Waals surface area contributed by atoms with Crippen LogP contribution in [-0.2, 0) is 17.6 Å². The summed E-state index contributed by atoms with van der Waals surface area (Å²) in [6, 6.07) is 5.96. The van der Waals surface area contributed by atoms with Crippen molar-refractivity contribution >= 4 is 18.4 Å². The third-order valence-electron chi connectivity index (χ3n) is 2.89. The SMILES string of the molecule is COC(=O)c1ccc2c(c1)CC(N)CC2.Cl. The summed E-state index contributed by atoms with van der Waals surface area (Å²) in [4.78, 5) is 11.3. The number of halogens is 1. The van der Waals surface area contributed by atoms with E-state index in [0.717, 1.165) is 19.3 Å². The Hall–Kier alpha value is -1.06. The van der Waals surface area contributed by atoms with E-state index in [0.29, 0.717) is 5.56 Å². The number of hydrogen-bond donors (Lipinski definition) is 1. The number of fused-ring (bicyclic) bond motifs is 1. The number of ether oxygens (including phenoxy) is 1. The Labute approximate surface area is 101 Å². The van der Waals surface area contributed by atoms with Crippen LogP contribution >= 0.6 is 12.4 Å². The summed E-state index contributed by atoms with van der Waals surface area (Å²) in [5.41, 5.74) is 9.01. The van der Waals surface area contributed by atoms with Gasteiger partial charge in [-0.05, 0) is 42.5 Å². The summed E-state index contributed by atoms with van der Waals surface area (Å²) in [7, 11) is 1.40. The normalized spacial score (nSPS) is 18.2. The van der Waals surface area contributed by atoms with E-state index in [1.54, 1.807) is 0 Å². The topological polar surface area (TPSA) is 52.3 Å². The number of aryl methyl sites for hydroxylation is 1. The molecule has 0 fully saturated rings. The largest absolute Gasteiger partial charge is 0.465 e. The molecule has 1 aliphatic rings. The molecule has 0 spiro atoms. The molecule has 0 bridgehead atoms. The molecule has 0 radical (unpaired) electrons. The summed E-state index contributed by atoms with van der Waals surface area (Å²) < 4.78 is 4.68. The number of esters is 1. The first-order chi connectivity index (χ1) is 7.20. The van der Waals surface area contributed by atoms with Crippen molar-refractivity contribution in [2.45, 2.75) is 25.3 Å². The Balaban J connectivity index is 0.00000128. The van der Waals surface area contributed by atoms with Gasteiger partial charge in [-0.3, -0.25) is 0 Å². The molecular weight excluding hydrogens is 226 g/mol. The summed E-state index contributed by atoms with van der Waals surface area (Å²) in [5, 5.41) is 0. The number of nitrogens with two attached hydrogens (primary N) is 1. The van der Waals surface area contributed by atoms with Gasteiger partial charge in [0, 0.05) is 6.04 Å². The molecular formula is C12H16ClNO2. The third kappa shape index (κ3) is 2.54. The van der Waals surface area contributed by atoms with Gasteiger partial charge < -0.3 is 10.5 Å². The molecule has 0 aliphatic heterocycles. The molecule has 1 atom stereocenters. The highest BCUT2D eigenvalue weighted by Crippen LogP contribution is 2.22. The molecule has 2 rings (SSSR count). The van der Waals surface area contributed by atoms with Gasteiger partial charge in [0.2, 0.25) is 0 Å². The maximum atomic E-state index is 11.3. The van der Waals surface area contributed by atoms with Crippen LogP contribution in [0.5, 0.6) is 0 Å². The second-order valence-corrected chi connectivity index (χ2v) is 3.98. The van der Waals surface area contributed by atoms with Gasteiger partial charge in [-0.2, -0.15) is 0 Å². The van der Waals surface area contributed by atoms with Crippen LogP contribution in [0.2, 0.25) is 0 Å². The summed E-state index contributed by atoms with van der Waals surface area (Å²) in [6.07, 6.45) is 2.91. The van der Waals surface area contributed by atoms with Gasteiger partial charge >= 0.3 is 5.97 Å². The molecule has 16 heavy (non-hydrogen) atoms. The number of carbonyl (C=O) groups excluding carboxylic acids is 1. The maximum Gasteiger partial charge on any atom is 0.337 e. The number of methoxy groups -OCH3 is 1. The lowest BCUT2D eigenvalue weighted by Gasteiger charge is -2.21. The highest BCUT2D eigenvalue weighted by atomic mass is 35.5. The predicted octanol–water partition coefficient (Wildman–Crippen LogP) is 1.71. The fourth-order valence-electron chi connectivity index (χ4n) is 2.03. The van der Waals surface area contributed by atoms with Crippen LogP contribution in [0.25, 0.3) is 0 Å². The van der Waals surface area contributed by atoms with Gasteiger partial charge in [0.15, 0.2) is 0 Å². The van der Waals surface area contributed by atoms with Crippen LogP contribution < -0.4 is 5.73 Å². The Morgan fingerprint density at radius 2 is 2.19 bits per heavy atom. The molecule has 0 amide bonds. The molecule has 3 nitrogen and oxygen atoms in total. The Kier molecular flexibility index (Phi) is 4.33. The second-order valence-electron chi connectivity index (χ2n) is 3.98. The quantitative estimate of drug-likeness (QED) is 0.762. The standard InChI is InChI=1S/C12H15NO2.ClH/c1-15-12(14)9-3-2-8-4-5-11(13)7-10(8)6-9;/h2-3,6,11H,4-5,7,13H2,1H3;1H. The molecule has 1 aliphatic carbocycles. The fraction of sp³-hybridized carbons (Fsp3) is 0.417. The fourth-order valence-corrected chi connectivity index (χ4v) is 2.03. The van der Waals surface area contributed by atoms with Crippen LogP contribution in [-0.4, -0.2) is 19.1 Å². The highest BCUT2D eigenvalue weighted by Gasteiger charge is 2.17. The minimum atomic E-state index is -0.281. The second kappa shape index (κ2) is 5.32. The van der Waals surface area contributed by atoms with Crippen molar-refractivity contribution in [2.75, 3.05) is 7.11 Å². The zero-order chi connectivity index (χ0) is 10.8. The van der Waals surface area contributed by atoms with Crippen LogP contribution in [0.3, 0.4) is 0 Å². The van der Waals surface area contributed by atoms with Crippen molar-refractivity contribution in [1.29, 1.82) is 0 Å². The predicted molar refractivity (Wildman–Crippen MR) is 65.0 cm³/mol. The summed E-state index contributed by atoms with van der Waals surface area (Å²) in [6.45, 7) is 0. The summed E-state index contributed by atoms with van der Waals surface area (Å²) >= 11 is 0.